The monoisotopic (exact) mass is 317 g/mol. The third kappa shape index (κ3) is 4.45. The molecule has 5 nitrogen and oxygen atoms in total. The van der Waals surface area contributed by atoms with Crippen LogP contribution in [0.3, 0.4) is 0 Å². The van der Waals surface area contributed by atoms with Crippen molar-refractivity contribution in [3.05, 3.63) is 29.8 Å². The van der Waals surface area contributed by atoms with Gasteiger partial charge in [-0.3, -0.25) is 9.69 Å². The highest BCUT2D eigenvalue weighted by molar-refractivity contribution is 5.78. The number of likely N-dealkylation sites (tertiary alicyclic amines) is 1. The summed E-state index contributed by atoms with van der Waals surface area (Å²) < 4.78 is 5.85. The number of ether oxygens (including phenoxy) is 1. The second-order valence-corrected chi connectivity index (χ2v) is 6.57. The zero-order valence-electron chi connectivity index (χ0n) is 14.0. The first-order chi connectivity index (χ1) is 11.2. The Kier molecular flexibility index (Phi) is 5.51. The molecule has 0 spiro atoms. The summed E-state index contributed by atoms with van der Waals surface area (Å²) in [5.41, 5.74) is 1.16. The highest BCUT2D eigenvalue weighted by Crippen LogP contribution is 2.21. The average molecular weight is 317 g/mol. The molecule has 2 aliphatic rings. The summed E-state index contributed by atoms with van der Waals surface area (Å²) in [6.45, 7) is 8.10. The van der Waals surface area contributed by atoms with Crippen LogP contribution in [0.25, 0.3) is 0 Å². The molecule has 2 aliphatic heterocycles. The molecular formula is C18H27N3O2. The molecule has 2 heterocycles. The van der Waals surface area contributed by atoms with E-state index >= 15 is 0 Å². The fourth-order valence-corrected chi connectivity index (χ4v) is 3.37. The molecule has 1 aromatic rings. The lowest BCUT2D eigenvalue weighted by molar-refractivity contribution is -0.132. The van der Waals surface area contributed by atoms with Crippen molar-refractivity contribution in [1.29, 1.82) is 0 Å². The third-order valence-corrected chi connectivity index (χ3v) is 4.63. The molecule has 23 heavy (non-hydrogen) atoms. The van der Waals surface area contributed by atoms with Gasteiger partial charge in [0.2, 0.25) is 0 Å². The molecule has 0 unspecified atom stereocenters. The predicted octanol–water partition coefficient (Wildman–Crippen LogP) is 1.48. The van der Waals surface area contributed by atoms with Crippen molar-refractivity contribution in [3.63, 3.8) is 0 Å². The number of amides is 1. The molecule has 1 amide bonds. The van der Waals surface area contributed by atoms with E-state index in [0.29, 0.717) is 6.04 Å². The number of piperazine rings is 1. The Hall–Kier alpha value is -1.59. The number of rotatable bonds is 5. The van der Waals surface area contributed by atoms with Crippen LogP contribution in [0.5, 0.6) is 5.75 Å². The van der Waals surface area contributed by atoms with Crippen molar-refractivity contribution in [2.45, 2.75) is 32.4 Å². The van der Waals surface area contributed by atoms with Crippen LogP contribution < -0.4 is 10.1 Å². The largest absolute Gasteiger partial charge is 0.483 e. The third-order valence-electron chi connectivity index (χ3n) is 4.63. The Morgan fingerprint density at radius 3 is 2.83 bits per heavy atom. The Labute approximate surface area is 138 Å². The molecular weight excluding hydrogens is 290 g/mol. The minimum Gasteiger partial charge on any atom is -0.483 e. The molecule has 2 fully saturated rings. The minimum atomic E-state index is 0.105. The van der Waals surface area contributed by atoms with Crippen molar-refractivity contribution in [2.75, 3.05) is 39.3 Å². The summed E-state index contributed by atoms with van der Waals surface area (Å²) in [6, 6.07) is 8.60. The Morgan fingerprint density at radius 1 is 1.26 bits per heavy atom. The van der Waals surface area contributed by atoms with Gasteiger partial charge in [0.15, 0.2) is 6.61 Å². The maximum absolute atomic E-state index is 12.1. The number of nitrogens with one attached hydrogen (secondary N) is 1. The highest BCUT2D eigenvalue weighted by atomic mass is 16.5. The molecule has 5 heteroatoms. The number of carbonyl (C=O) groups excluding carboxylic acids is 1. The van der Waals surface area contributed by atoms with Gasteiger partial charge in [0.1, 0.15) is 5.75 Å². The molecule has 1 aromatic carbocycles. The van der Waals surface area contributed by atoms with Crippen LogP contribution in [-0.2, 0) is 11.3 Å². The SMILES string of the molecule is C[C@H]1CN(Cc2ccccc2OCC(=O)N2CCCC2)CCN1. The lowest BCUT2D eigenvalue weighted by Gasteiger charge is -2.32. The summed E-state index contributed by atoms with van der Waals surface area (Å²) in [5, 5.41) is 3.46. The number of benzene rings is 1. The lowest BCUT2D eigenvalue weighted by atomic mass is 10.1. The molecule has 126 valence electrons. The van der Waals surface area contributed by atoms with Gasteiger partial charge >= 0.3 is 0 Å². The van der Waals surface area contributed by atoms with Crippen LogP contribution in [0.4, 0.5) is 0 Å². The van der Waals surface area contributed by atoms with Crippen molar-refractivity contribution >= 4 is 5.91 Å². The normalized spacial score (nSPS) is 22.3. The first kappa shape index (κ1) is 16.3. The maximum atomic E-state index is 12.1. The zero-order valence-corrected chi connectivity index (χ0v) is 14.0. The smallest absolute Gasteiger partial charge is 0.260 e. The Bertz CT molecular complexity index is 529. The van der Waals surface area contributed by atoms with Crippen molar-refractivity contribution in [2.24, 2.45) is 0 Å². The van der Waals surface area contributed by atoms with Gasteiger partial charge in [-0.15, -0.1) is 0 Å². The number of carbonyl (C=O) groups is 1. The lowest BCUT2D eigenvalue weighted by Crippen LogP contribution is -2.48. The van der Waals surface area contributed by atoms with Crippen LogP contribution in [0.2, 0.25) is 0 Å². The minimum absolute atomic E-state index is 0.105. The molecule has 1 N–H and O–H groups in total. The Morgan fingerprint density at radius 2 is 2.04 bits per heavy atom. The van der Waals surface area contributed by atoms with Gasteiger partial charge in [0.05, 0.1) is 0 Å². The van der Waals surface area contributed by atoms with Gasteiger partial charge in [-0.2, -0.15) is 0 Å². The van der Waals surface area contributed by atoms with Gasteiger partial charge in [0.25, 0.3) is 5.91 Å². The fourth-order valence-electron chi connectivity index (χ4n) is 3.37. The highest BCUT2D eigenvalue weighted by Gasteiger charge is 2.20. The van der Waals surface area contributed by atoms with Crippen LogP contribution >= 0.6 is 0 Å². The van der Waals surface area contributed by atoms with Gasteiger partial charge in [-0.25, -0.2) is 0 Å². The number of nitrogens with zero attached hydrogens (tertiary/aromatic N) is 2. The first-order valence-electron chi connectivity index (χ1n) is 8.66. The molecule has 0 aliphatic carbocycles. The van der Waals surface area contributed by atoms with Gasteiger partial charge < -0.3 is 15.0 Å². The summed E-state index contributed by atoms with van der Waals surface area (Å²) in [4.78, 5) is 16.5. The molecule has 2 saturated heterocycles. The number of hydrogen-bond acceptors (Lipinski definition) is 4. The van der Waals surface area contributed by atoms with E-state index in [2.05, 4.69) is 23.2 Å². The van der Waals surface area contributed by atoms with Crippen LogP contribution in [0, 0.1) is 0 Å². The fraction of sp³-hybridized carbons (Fsp3) is 0.611. The molecule has 3 rings (SSSR count). The van der Waals surface area contributed by atoms with E-state index in [-0.39, 0.29) is 12.5 Å². The van der Waals surface area contributed by atoms with Gasteiger partial charge in [0, 0.05) is 50.9 Å². The molecule has 0 aromatic heterocycles. The van der Waals surface area contributed by atoms with Crippen LogP contribution in [-0.4, -0.2) is 61.1 Å². The molecule has 0 radical (unpaired) electrons. The summed E-state index contributed by atoms with van der Waals surface area (Å²) in [6.07, 6.45) is 2.23. The quantitative estimate of drug-likeness (QED) is 0.893. The van der Waals surface area contributed by atoms with E-state index in [9.17, 15) is 4.79 Å². The van der Waals surface area contributed by atoms with Crippen molar-refractivity contribution < 1.29 is 9.53 Å². The second-order valence-electron chi connectivity index (χ2n) is 6.57. The zero-order chi connectivity index (χ0) is 16.1. The van der Waals surface area contributed by atoms with E-state index in [1.165, 1.54) is 0 Å². The van der Waals surface area contributed by atoms with E-state index in [1.54, 1.807) is 0 Å². The standard InChI is InChI=1S/C18H27N3O2/c1-15-12-20(11-8-19-15)13-16-6-2-3-7-17(16)23-14-18(22)21-9-4-5-10-21/h2-3,6-7,15,19H,4-5,8-14H2,1H3/t15-/m0/s1. The van der Waals surface area contributed by atoms with E-state index in [1.807, 2.05) is 23.1 Å². The number of para-hydroxylation sites is 1. The second kappa shape index (κ2) is 7.79. The van der Waals surface area contributed by atoms with Crippen LogP contribution in [0.15, 0.2) is 24.3 Å². The summed E-state index contributed by atoms with van der Waals surface area (Å²) in [5.74, 6) is 0.944. The summed E-state index contributed by atoms with van der Waals surface area (Å²) >= 11 is 0. The van der Waals surface area contributed by atoms with Crippen molar-refractivity contribution in [1.82, 2.24) is 15.1 Å². The van der Waals surface area contributed by atoms with Gasteiger partial charge in [-0.05, 0) is 25.8 Å². The molecule has 0 saturated carbocycles. The molecule has 0 bridgehead atoms. The maximum Gasteiger partial charge on any atom is 0.260 e. The van der Waals surface area contributed by atoms with E-state index in [0.717, 1.165) is 63.4 Å². The van der Waals surface area contributed by atoms with Gasteiger partial charge in [-0.1, -0.05) is 18.2 Å². The van der Waals surface area contributed by atoms with Crippen LogP contribution in [0.1, 0.15) is 25.3 Å². The first-order valence-corrected chi connectivity index (χ1v) is 8.66. The summed E-state index contributed by atoms with van der Waals surface area (Å²) in [7, 11) is 0. The molecule has 1 atom stereocenters. The average Bonchev–Trinajstić information content (AvgIpc) is 3.08. The topological polar surface area (TPSA) is 44.8 Å². The van der Waals surface area contributed by atoms with E-state index in [4.69, 9.17) is 4.74 Å². The Balaban J connectivity index is 1.57. The van der Waals surface area contributed by atoms with Crippen molar-refractivity contribution in [3.8, 4) is 5.75 Å². The van der Waals surface area contributed by atoms with E-state index < -0.39 is 0 Å². The number of hydrogen-bond donors (Lipinski definition) is 1. The predicted molar refractivity (Wildman–Crippen MR) is 90.5 cm³/mol.